The molecule has 0 saturated carbocycles. The molecule has 0 radical (unpaired) electrons. The molecule has 0 aliphatic carbocycles. The Balaban J connectivity index is 3.09. The predicted octanol–water partition coefficient (Wildman–Crippen LogP) is 4.28. The standard InChI is InChI=1S/C18H19F6NO3/c1-10(2)4-5-14(16(27)28-3)25-15(26)8-11-6-12(17(19,20)21)9-13(7-11)18(22,23)24/h4,6-7,9,14H,5,8H2,1-3H3,(H,25,26)/t14-/m0/s1. The topological polar surface area (TPSA) is 55.4 Å². The predicted molar refractivity (Wildman–Crippen MR) is 88.1 cm³/mol. The SMILES string of the molecule is COC(=O)[C@H](CC=C(C)C)NC(=O)Cc1cc(C(F)(F)F)cc(C(F)(F)F)c1. The number of halogens is 6. The number of alkyl halides is 6. The van der Waals surface area contributed by atoms with Crippen molar-refractivity contribution >= 4 is 11.9 Å². The summed E-state index contributed by atoms with van der Waals surface area (Å²) in [5.41, 5.74) is -2.67. The summed E-state index contributed by atoms with van der Waals surface area (Å²) < 4.78 is 81.8. The highest BCUT2D eigenvalue weighted by Gasteiger charge is 2.37. The summed E-state index contributed by atoms with van der Waals surface area (Å²) >= 11 is 0. The minimum atomic E-state index is -5.01. The van der Waals surface area contributed by atoms with E-state index in [0.29, 0.717) is 12.1 Å². The number of hydrogen-bond donors (Lipinski definition) is 1. The van der Waals surface area contributed by atoms with E-state index in [1.807, 2.05) is 0 Å². The first-order chi connectivity index (χ1) is 12.7. The molecule has 0 bridgehead atoms. The first-order valence-electron chi connectivity index (χ1n) is 8.03. The number of allylic oxidation sites excluding steroid dienone is 1. The molecule has 0 aliphatic heterocycles. The molecule has 1 atom stereocenters. The molecule has 0 fully saturated rings. The number of ether oxygens (including phenoxy) is 1. The van der Waals surface area contributed by atoms with Gasteiger partial charge in [-0.3, -0.25) is 4.79 Å². The molecule has 1 amide bonds. The Hall–Kier alpha value is -2.52. The molecule has 0 saturated heterocycles. The van der Waals surface area contributed by atoms with E-state index in [0.717, 1.165) is 12.7 Å². The number of benzene rings is 1. The fraction of sp³-hybridized carbons (Fsp3) is 0.444. The molecule has 0 heterocycles. The molecular formula is C18H19F6NO3. The molecule has 0 spiro atoms. The van der Waals surface area contributed by atoms with E-state index in [1.165, 1.54) is 0 Å². The quantitative estimate of drug-likeness (QED) is 0.432. The van der Waals surface area contributed by atoms with Crippen molar-refractivity contribution in [1.82, 2.24) is 5.32 Å². The fourth-order valence-electron chi connectivity index (χ4n) is 2.26. The van der Waals surface area contributed by atoms with Crippen molar-refractivity contribution in [3.8, 4) is 0 Å². The van der Waals surface area contributed by atoms with Gasteiger partial charge in [0.15, 0.2) is 0 Å². The number of nitrogens with one attached hydrogen (secondary N) is 1. The van der Waals surface area contributed by atoms with Gasteiger partial charge in [0.05, 0.1) is 24.7 Å². The molecule has 156 valence electrons. The number of esters is 1. The first kappa shape index (κ1) is 23.5. The van der Waals surface area contributed by atoms with Crippen molar-refractivity contribution in [2.45, 2.75) is 45.1 Å². The summed E-state index contributed by atoms with van der Waals surface area (Å²) in [6.07, 6.45) is -9.09. The molecule has 0 aliphatic rings. The fourth-order valence-corrected chi connectivity index (χ4v) is 2.26. The van der Waals surface area contributed by atoms with Gasteiger partial charge in [-0.05, 0) is 44.0 Å². The van der Waals surface area contributed by atoms with Gasteiger partial charge in [0.1, 0.15) is 6.04 Å². The normalized spacial score (nSPS) is 12.9. The average Bonchev–Trinajstić information content (AvgIpc) is 2.55. The molecule has 28 heavy (non-hydrogen) atoms. The number of methoxy groups -OCH3 is 1. The van der Waals surface area contributed by atoms with E-state index in [-0.39, 0.29) is 12.5 Å². The number of amides is 1. The third-order valence-corrected chi connectivity index (χ3v) is 3.59. The second kappa shape index (κ2) is 9.11. The van der Waals surface area contributed by atoms with Crippen molar-refractivity contribution in [2.75, 3.05) is 7.11 Å². The lowest BCUT2D eigenvalue weighted by molar-refractivity contribution is -0.145. The van der Waals surface area contributed by atoms with Gasteiger partial charge in [-0.15, -0.1) is 0 Å². The van der Waals surface area contributed by atoms with E-state index in [1.54, 1.807) is 19.9 Å². The van der Waals surface area contributed by atoms with Gasteiger partial charge < -0.3 is 10.1 Å². The van der Waals surface area contributed by atoms with Crippen LogP contribution < -0.4 is 5.32 Å². The average molecular weight is 411 g/mol. The van der Waals surface area contributed by atoms with Gasteiger partial charge in [0, 0.05) is 0 Å². The zero-order chi connectivity index (χ0) is 21.7. The molecular weight excluding hydrogens is 392 g/mol. The van der Waals surface area contributed by atoms with Crippen LogP contribution in [0, 0.1) is 0 Å². The summed E-state index contributed by atoms with van der Waals surface area (Å²) in [6.45, 7) is 3.49. The monoisotopic (exact) mass is 411 g/mol. The van der Waals surface area contributed by atoms with Crippen molar-refractivity contribution < 1.29 is 40.7 Å². The minimum Gasteiger partial charge on any atom is -0.467 e. The van der Waals surface area contributed by atoms with Crippen LogP contribution in [0.4, 0.5) is 26.3 Å². The maximum atomic E-state index is 12.9. The Kier molecular flexibility index (Phi) is 7.66. The third kappa shape index (κ3) is 7.24. The van der Waals surface area contributed by atoms with Crippen molar-refractivity contribution in [1.29, 1.82) is 0 Å². The highest BCUT2D eigenvalue weighted by atomic mass is 19.4. The second-order valence-electron chi connectivity index (χ2n) is 6.25. The van der Waals surface area contributed by atoms with E-state index < -0.39 is 53.4 Å². The van der Waals surface area contributed by atoms with E-state index in [4.69, 9.17) is 0 Å². The van der Waals surface area contributed by atoms with Crippen LogP contribution in [0.2, 0.25) is 0 Å². The maximum Gasteiger partial charge on any atom is 0.416 e. The molecule has 1 aromatic rings. The Morgan fingerprint density at radius 2 is 1.54 bits per heavy atom. The number of carbonyl (C=O) groups excluding carboxylic acids is 2. The van der Waals surface area contributed by atoms with Crippen LogP contribution in [-0.4, -0.2) is 25.0 Å². The van der Waals surface area contributed by atoms with Crippen molar-refractivity contribution in [2.24, 2.45) is 0 Å². The maximum absolute atomic E-state index is 12.9. The molecule has 10 heteroatoms. The summed E-state index contributed by atoms with van der Waals surface area (Å²) in [5.74, 6) is -1.70. The largest absolute Gasteiger partial charge is 0.467 e. The minimum absolute atomic E-state index is 0.0204. The highest BCUT2D eigenvalue weighted by molar-refractivity contribution is 5.85. The second-order valence-corrected chi connectivity index (χ2v) is 6.25. The van der Waals surface area contributed by atoms with Crippen LogP contribution in [0.1, 0.15) is 37.0 Å². The number of hydrogen-bond acceptors (Lipinski definition) is 3. The van der Waals surface area contributed by atoms with Gasteiger partial charge in [-0.2, -0.15) is 26.3 Å². The molecule has 0 unspecified atom stereocenters. The van der Waals surface area contributed by atoms with Crippen LogP contribution in [0.5, 0.6) is 0 Å². The van der Waals surface area contributed by atoms with Crippen LogP contribution in [0.3, 0.4) is 0 Å². The summed E-state index contributed by atoms with van der Waals surface area (Å²) in [5, 5.41) is 2.27. The Morgan fingerprint density at radius 1 is 1.04 bits per heavy atom. The smallest absolute Gasteiger partial charge is 0.416 e. The molecule has 1 rings (SSSR count). The Labute approximate surface area is 157 Å². The molecule has 0 aromatic heterocycles. The lowest BCUT2D eigenvalue weighted by Crippen LogP contribution is -2.42. The van der Waals surface area contributed by atoms with E-state index in [9.17, 15) is 35.9 Å². The van der Waals surface area contributed by atoms with Crippen LogP contribution in [-0.2, 0) is 33.1 Å². The van der Waals surface area contributed by atoms with Crippen LogP contribution in [0.15, 0.2) is 29.8 Å². The Bertz CT molecular complexity index is 716. The van der Waals surface area contributed by atoms with Gasteiger partial charge in [0.2, 0.25) is 5.91 Å². The molecule has 1 aromatic carbocycles. The Morgan fingerprint density at radius 3 is 1.93 bits per heavy atom. The van der Waals surface area contributed by atoms with Gasteiger partial charge in [0.25, 0.3) is 0 Å². The lowest BCUT2D eigenvalue weighted by atomic mass is 10.0. The summed E-state index contributed by atoms with van der Waals surface area (Å²) in [6, 6.07) is -0.191. The summed E-state index contributed by atoms with van der Waals surface area (Å²) in [4.78, 5) is 23.8. The van der Waals surface area contributed by atoms with Crippen molar-refractivity contribution in [3.63, 3.8) is 0 Å². The van der Waals surface area contributed by atoms with E-state index in [2.05, 4.69) is 10.1 Å². The van der Waals surface area contributed by atoms with Gasteiger partial charge in [-0.25, -0.2) is 4.79 Å². The van der Waals surface area contributed by atoms with Gasteiger partial charge >= 0.3 is 18.3 Å². The van der Waals surface area contributed by atoms with Crippen LogP contribution >= 0.6 is 0 Å². The molecule has 1 N–H and O–H groups in total. The highest BCUT2D eigenvalue weighted by Crippen LogP contribution is 2.36. The third-order valence-electron chi connectivity index (χ3n) is 3.59. The summed E-state index contributed by atoms with van der Waals surface area (Å²) in [7, 11) is 1.09. The number of carbonyl (C=O) groups is 2. The van der Waals surface area contributed by atoms with E-state index >= 15 is 0 Å². The van der Waals surface area contributed by atoms with Crippen LogP contribution in [0.25, 0.3) is 0 Å². The van der Waals surface area contributed by atoms with Gasteiger partial charge in [-0.1, -0.05) is 11.6 Å². The zero-order valence-corrected chi connectivity index (χ0v) is 15.3. The number of rotatable bonds is 6. The molecule has 4 nitrogen and oxygen atoms in total. The lowest BCUT2D eigenvalue weighted by Gasteiger charge is -2.17. The van der Waals surface area contributed by atoms with Crippen molar-refractivity contribution in [3.05, 3.63) is 46.5 Å². The zero-order valence-electron chi connectivity index (χ0n) is 15.3. The first-order valence-corrected chi connectivity index (χ1v) is 8.03.